The van der Waals surface area contributed by atoms with Crippen LogP contribution in [0.4, 0.5) is 5.82 Å². The summed E-state index contributed by atoms with van der Waals surface area (Å²) in [5.41, 5.74) is 0.437. The normalized spacial score (nSPS) is 15.5. The summed E-state index contributed by atoms with van der Waals surface area (Å²) in [5, 5.41) is 12.1. The van der Waals surface area contributed by atoms with Gasteiger partial charge in [-0.05, 0) is 25.0 Å². The molecule has 5 heteroatoms. The van der Waals surface area contributed by atoms with Crippen molar-refractivity contribution in [2.45, 2.75) is 31.7 Å². The van der Waals surface area contributed by atoms with Crippen molar-refractivity contribution >= 4 is 11.7 Å². The molecule has 1 saturated carbocycles. The molecule has 0 aromatic carbocycles. The molecule has 0 saturated heterocycles. The Bertz CT molecular complexity index is 430. The lowest BCUT2D eigenvalue weighted by molar-refractivity contribution is 0.0632. The van der Waals surface area contributed by atoms with E-state index in [2.05, 4.69) is 10.3 Å². The van der Waals surface area contributed by atoms with Crippen LogP contribution in [0.25, 0.3) is 0 Å². The summed E-state index contributed by atoms with van der Waals surface area (Å²) in [6, 6.07) is 5.61. The van der Waals surface area contributed by atoms with Gasteiger partial charge in [0, 0.05) is 19.6 Å². The van der Waals surface area contributed by atoms with Gasteiger partial charge in [0.1, 0.15) is 11.5 Å². The van der Waals surface area contributed by atoms with Crippen molar-refractivity contribution in [3.05, 3.63) is 23.9 Å². The smallest absolute Gasteiger partial charge is 0.272 e. The van der Waals surface area contributed by atoms with Crippen molar-refractivity contribution in [1.82, 2.24) is 9.88 Å². The molecule has 1 aliphatic rings. The fourth-order valence-corrected chi connectivity index (χ4v) is 2.61. The van der Waals surface area contributed by atoms with E-state index in [4.69, 9.17) is 5.11 Å². The molecule has 0 bridgehead atoms. The van der Waals surface area contributed by atoms with Gasteiger partial charge in [0.15, 0.2) is 0 Å². The first-order valence-corrected chi connectivity index (χ1v) is 6.83. The van der Waals surface area contributed by atoms with E-state index in [-0.39, 0.29) is 18.6 Å². The molecule has 2 rings (SSSR count). The summed E-state index contributed by atoms with van der Waals surface area (Å²) in [6.45, 7) is 0.378. The lowest BCUT2D eigenvalue weighted by Crippen LogP contribution is -2.41. The van der Waals surface area contributed by atoms with Gasteiger partial charge in [0.25, 0.3) is 5.91 Å². The van der Waals surface area contributed by atoms with Crippen LogP contribution in [-0.4, -0.2) is 47.1 Å². The lowest BCUT2D eigenvalue weighted by atomic mass is 10.2. The third-order valence-corrected chi connectivity index (χ3v) is 3.59. The van der Waals surface area contributed by atoms with Crippen LogP contribution in [-0.2, 0) is 0 Å². The second kappa shape index (κ2) is 6.52. The fraction of sp³-hybridized carbons (Fsp3) is 0.571. The molecule has 1 aliphatic carbocycles. The highest BCUT2D eigenvalue weighted by molar-refractivity contribution is 5.93. The predicted octanol–water partition coefficient (Wildman–Crippen LogP) is 1.50. The number of amides is 1. The number of hydrogen-bond acceptors (Lipinski definition) is 4. The van der Waals surface area contributed by atoms with E-state index in [0.717, 1.165) is 25.7 Å². The van der Waals surface area contributed by atoms with Crippen molar-refractivity contribution in [1.29, 1.82) is 0 Å². The quantitative estimate of drug-likeness (QED) is 0.845. The number of aliphatic hydroxyl groups excluding tert-OH is 1. The molecule has 5 nitrogen and oxygen atoms in total. The number of pyridine rings is 1. The van der Waals surface area contributed by atoms with Gasteiger partial charge in [-0.2, -0.15) is 0 Å². The summed E-state index contributed by atoms with van der Waals surface area (Å²) in [5.74, 6) is 0.597. The fourth-order valence-electron chi connectivity index (χ4n) is 2.61. The van der Waals surface area contributed by atoms with E-state index in [9.17, 15) is 4.79 Å². The number of rotatable bonds is 5. The number of hydrogen-bond donors (Lipinski definition) is 2. The monoisotopic (exact) mass is 263 g/mol. The Kier molecular flexibility index (Phi) is 4.74. The predicted molar refractivity (Wildman–Crippen MR) is 74.2 cm³/mol. The number of nitrogens with zero attached hydrogens (tertiary/aromatic N) is 2. The molecule has 1 aromatic rings. The number of aromatic nitrogens is 1. The molecule has 0 atom stereocenters. The minimum absolute atomic E-state index is 0.00599. The van der Waals surface area contributed by atoms with E-state index < -0.39 is 0 Å². The van der Waals surface area contributed by atoms with Crippen LogP contribution in [0, 0.1) is 0 Å². The molecule has 1 fully saturated rings. The van der Waals surface area contributed by atoms with Crippen molar-refractivity contribution in [3.63, 3.8) is 0 Å². The van der Waals surface area contributed by atoms with Gasteiger partial charge in [-0.3, -0.25) is 4.79 Å². The third-order valence-electron chi connectivity index (χ3n) is 3.59. The average Bonchev–Trinajstić information content (AvgIpc) is 2.98. The Morgan fingerprint density at radius 3 is 2.84 bits per heavy atom. The lowest BCUT2D eigenvalue weighted by Gasteiger charge is -2.28. The topological polar surface area (TPSA) is 65.5 Å². The Labute approximate surface area is 113 Å². The SMILES string of the molecule is CNc1cccc(C(=O)N(CCO)C2CCCC2)n1. The van der Waals surface area contributed by atoms with E-state index >= 15 is 0 Å². The minimum Gasteiger partial charge on any atom is -0.395 e. The molecule has 1 aromatic heterocycles. The van der Waals surface area contributed by atoms with Crippen molar-refractivity contribution < 1.29 is 9.90 Å². The van der Waals surface area contributed by atoms with E-state index in [1.54, 1.807) is 18.0 Å². The van der Waals surface area contributed by atoms with Crippen LogP contribution < -0.4 is 5.32 Å². The van der Waals surface area contributed by atoms with E-state index in [0.29, 0.717) is 18.1 Å². The van der Waals surface area contributed by atoms with Crippen LogP contribution in [0.15, 0.2) is 18.2 Å². The van der Waals surface area contributed by atoms with E-state index in [1.807, 2.05) is 12.1 Å². The number of carbonyl (C=O) groups is 1. The maximum Gasteiger partial charge on any atom is 0.272 e. The third kappa shape index (κ3) is 3.23. The highest BCUT2D eigenvalue weighted by Crippen LogP contribution is 2.24. The maximum absolute atomic E-state index is 12.5. The van der Waals surface area contributed by atoms with Crippen LogP contribution in [0.1, 0.15) is 36.2 Å². The molecule has 0 aliphatic heterocycles. The summed E-state index contributed by atoms with van der Waals surface area (Å²) in [7, 11) is 1.78. The molecular weight excluding hydrogens is 242 g/mol. The zero-order valence-corrected chi connectivity index (χ0v) is 11.3. The molecule has 1 heterocycles. The van der Waals surface area contributed by atoms with Gasteiger partial charge in [-0.25, -0.2) is 4.98 Å². The Balaban J connectivity index is 2.17. The zero-order chi connectivity index (χ0) is 13.7. The second-order valence-electron chi connectivity index (χ2n) is 4.82. The van der Waals surface area contributed by atoms with Crippen molar-refractivity contribution in [3.8, 4) is 0 Å². The van der Waals surface area contributed by atoms with Crippen LogP contribution >= 0.6 is 0 Å². The largest absolute Gasteiger partial charge is 0.395 e. The molecule has 0 radical (unpaired) electrons. The number of carbonyl (C=O) groups excluding carboxylic acids is 1. The Morgan fingerprint density at radius 1 is 1.47 bits per heavy atom. The molecule has 104 valence electrons. The summed E-state index contributed by atoms with van der Waals surface area (Å²) < 4.78 is 0. The minimum atomic E-state index is -0.0851. The van der Waals surface area contributed by atoms with Crippen molar-refractivity contribution in [2.75, 3.05) is 25.5 Å². The number of nitrogens with one attached hydrogen (secondary N) is 1. The van der Waals surface area contributed by atoms with Gasteiger partial charge in [0.05, 0.1) is 6.61 Å². The number of aliphatic hydroxyl groups is 1. The Morgan fingerprint density at radius 2 is 2.21 bits per heavy atom. The molecule has 0 unspecified atom stereocenters. The first kappa shape index (κ1) is 13.8. The average molecular weight is 263 g/mol. The van der Waals surface area contributed by atoms with Crippen LogP contribution in [0.2, 0.25) is 0 Å². The summed E-state index contributed by atoms with van der Waals surface area (Å²) >= 11 is 0. The zero-order valence-electron chi connectivity index (χ0n) is 11.3. The maximum atomic E-state index is 12.5. The van der Waals surface area contributed by atoms with Crippen molar-refractivity contribution in [2.24, 2.45) is 0 Å². The number of anilines is 1. The van der Waals surface area contributed by atoms with Gasteiger partial charge in [-0.1, -0.05) is 18.9 Å². The molecule has 0 spiro atoms. The molecule has 19 heavy (non-hydrogen) atoms. The highest BCUT2D eigenvalue weighted by Gasteiger charge is 2.27. The first-order valence-electron chi connectivity index (χ1n) is 6.83. The van der Waals surface area contributed by atoms with Gasteiger partial charge < -0.3 is 15.3 Å². The standard InChI is InChI=1S/C14H21N3O2/c1-15-13-8-4-7-12(16-13)14(19)17(9-10-18)11-5-2-3-6-11/h4,7-8,11,18H,2-3,5-6,9-10H2,1H3,(H,15,16). The van der Waals surface area contributed by atoms with Gasteiger partial charge in [0.2, 0.25) is 0 Å². The second-order valence-corrected chi connectivity index (χ2v) is 4.82. The van der Waals surface area contributed by atoms with Gasteiger partial charge in [-0.15, -0.1) is 0 Å². The van der Waals surface area contributed by atoms with Gasteiger partial charge >= 0.3 is 0 Å². The Hall–Kier alpha value is -1.62. The first-order chi connectivity index (χ1) is 9.26. The van der Waals surface area contributed by atoms with E-state index in [1.165, 1.54) is 0 Å². The molecular formula is C14H21N3O2. The summed E-state index contributed by atoms with van der Waals surface area (Å²) in [6.07, 6.45) is 4.36. The van der Waals surface area contributed by atoms with Crippen LogP contribution in [0.5, 0.6) is 0 Å². The highest BCUT2D eigenvalue weighted by atomic mass is 16.3. The summed E-state index contributed by atoms with van der Waals surface area (Å²) in [4.78, 5) is 18.6. The molecule has 1 amide bonds. The van der Waals surface area contributed by atoms with Crippen LogP contribution in [0.3, 0.4) is 0 Å². The molecule has 2 N–H and O–H groups in total.